The van der Waals surface area contributed by atoms with Crippen molar-refractivity contribution < 1.29 is 0 Å². The molecule has 0 aliphatic carbocycles. The van der Waals surface area contributed by atoms with Crippen molar-refractivity contribution in [3.63, 3.8) is 0 Å². The molecule has 1 aliphatic heterocycles. The quantitative estimate of drug-likeness (QED) is 0.275. The van der Waals surface area contributed by atoms with E-state index in [-0.39, 0.29) is 12.1 Å². The van der Waals surface area contributed by atoms with Crippen molar-refractivity contribution in [2.75, 3.05) is 4.90 Å². The van der Waals surface area contributed by atoms with Crippen molar-refractivity contribution in [3.8, 4) is 5.69 Å². The van der Waals surface area contributed by atoms with E-state index in [0.717, 1.165) is 40.4 Å². The van der Waals surface area contributed by atoms with Crippen LogP contribution in [0.25, 0.3) is 5.69 Å². The average molecular weight is 522 g/mol. The van der Waals surface area contributed by atoms with Crippen molar-refractivity contribution in [1.82, 2.24) is 14.9 Å². The van der Waals surface area contributed by atoms with Crippen LogP contribution >= 0.6 is 35.4 Å². The summed E-state index contributed by atoms with van der Waals surface area (Å²) in [7, 11) is 0. The summed E-state index contributed by atoms with van der Waals surface area (Å²) in [6.07, 6.45) is 2.82. The molecule has 0 spiro atoms. The van der Waals surface area contributed by atoms with Gasteiger partial charge in [0.2, 0.25) is 0 Å². The number of pyridine rings is 1. The predicted molar refractivity (Wildman–Crippen MR) is 149 cm³/mol. The zero-order valence-corrected chi connectivity index (χ0v) is 22.1. The molecule has 2 aromatic heterocycles. The van der Waals surface area contributed by atoms with Gasteiger partial charge in [-0.2, -0.15) is 0 Å². The molecule has 35 heavy (non-hydrogen) atoms. The Morgan fingerprint density at radius 1 is 1.00 bits per heavy atom. The molecule has 0 unspecified atom stereocenters. The Morgan fingerprint density at radius 3 is 2.43 bits per heavy atom. The second kappa shape index (κ2) is 9.65. The van der Waals surface area contributed by atoms with E-state index in [2.05, 4.69) is 70.9 Å². The lowest BCUT2D eigenvalue weighted by atomic mass is 9.96. The van der Waals surface area contributed by atoms with Gasteiger partial charge in [0.25, 0.3) is 0 Å². The number of nitrogens with zero attached hydrogens (tertiary/aromatic N) is 3. The highest BCUT2D eigenvalue weighted by Gasteiger charge is 2.42. The minimum atomic E-state index is -0.107. The third-order valence-electron chi connectivity index (χ3n) is 6.66. The number of halogens is 2. The molecule has 1 N–H and O–H groups in total. The smallest absolute Gasteiger partial charge is 0.174 e. The standard InChI is InChI=1S/C28H26Cl2N4S/c1-4-19-8-11-21(12-9-19)34-27(26(32-28(34)35)24-7-5-6-14-31-24)22-15-17(2)33(18(22)3)25-13-10-20(29)16-23(25)30/h5-16,26-27H,4H2,1-3H3,(H,32,35)/t26-,27+/m1/s1. The number of thiocarbonyl (C=S) groups is 1. The lowest BCUT2D eigenvalue weighted by molar-refractivity contribution is 0.565. The van der Waals surface area contributed by atoms with E-state index in [1.54, 1.807) is 6.07 Å². The van der Waals surface area contributed by atoms with E-state index >= 15 is 0 Å². The fourth-order valence-corrected chi connectivity index (χ4v) is 5.80. The molecule has 2 atom stereocenters. The van der Waals surface area contributed by atoms with Crippen molar-refractivity contribution in [2.24, 2.45) is 0 Å². The Morgan fingerprint density at radius 2 is 1.77 bits per heavy atom. The van der Waals surface area contributed by atoms with Gasteiger partial charge in [0.1, 0.15) is 0 Å². The third-order valence-corrected chi connectivity index (χ3v) is 7.51. The van der Waals surface area contributed by atoms with Crippen LogP contribution in [-0.4, -0.2) is 14.7 Å². The van der Waals surface area contributed by atoms with Gasteiger partial charge in [-0.05, 0) is 92.1 Å². The van der Waals surface area contributed by atoms with Gasteiger partial charge < -0.3 is 14.8 Å². The van der Waals surface area contributed by atoms with E-state index in [4.69, 9.17) is 35.4 Å². The fourth-order valence-electron chi connectivity index (χ4n) is 4.96. The number of aromatic nitrogens is 2. The second-order valence-electron chi connectivity index (χ2n) is 8.77. The zero-order valence-electron chi connectivity index (χ0n) is 19.8. The Labute approximate surface area is 221 Å². The van der Waals surface area contributed by atoms with Crippen LogP contribution in [0.5, 0.6) is 0 Å². The summed E-state index contributed by atoms with van der Waals surface area (Å²) in [6, 6.07) is 22.3. The first kappa shape index (κ1) is 23.9. The molecule has 1 fully saturated rings. The lowest BCUT2D eigenvalue weighted by Crippen LogP contribution is -2.29. The first-order chi connectivity index (χ1) is 16.9. The predicted octanol–water partition coefficient (Wildman–Crippen LogP) is 7.54. The Hall–Kier alpha value is -2.86. The topological polar surface area (TPSA) is 33.1 Å². The second-order valence-corrected chi connectivity index (χ2v) is 10.0. The first-order valence-corrected chi connectivity index (χ1v) is 12.8. The van der Waals surface area contributed by atoms with Crippen molar-refractivity contribution >= 4 is 46.2 Å². The van der Waals surface area contributed by atoms with Gasteiger partial charge in [0.05, 0.1) is 28.5 Å². The van der Waals surface area contributed by atoms with Crippen LogP contribution in [0.15, 0.2) is 72.9 Å². The highest BCUT2D eigenvalue weighted by molar-refractivity contribution is 7.80. The number of aryl methyl sites for hydroxylation is 2. The Kier molecular flexibility index (Phi) is 6.58. The maximum absolute atomic E-state index is 6.62. The minimum absolute atomic E-state index is 0.0871. The summed E-state index contributed by atoms with van der Waals surface area (Å²) in [5, 5.41) is 5.46. The van der Waals surface area contributed by atoms with Crippen LogP contribution in [0.2, 0.25) is 10.0 Å². The highest BCUT2D eigenvalue weighted by Crippen LogP contribution is 2.44. The van der Waals surface area contributed by atoms with E-state index in [1.807, 2.05) is 36.5 Å². The Balaban J connectivity index is 1.67. The summed E-state index contributed by atoms with van der Waals surface area (Å²) >= 11 is 18.7. The molecular weight excluding hydrogens is 495 g/mol. The van der Waals surface area contributed by atoms with Gasteiger partial charge in [0, 0.05) is 28.3 Å². The molecule has 3 heterocycles. The molecule has 0 saturated carbocycles. The minimum Gasteiger partial charge on any atom is -0.351 e. The molecule has 0 amide bonds. The van der Waals surface area contributed by atoms with Crippen molar-refractivity contribution in [1.29, 1.82) is 0 Å². The lowest BCUT2D eigenvalue weighted by Gasteiger charge is -2.28. The molecule has 1 saturated heterocycles. The fraction of sp³-hybridized carbons (Fsp3) is 0.214. The van der Waals surface area contributed by atoms with Crippen LogP contribution in [0.1, 0.15) is 47.2 Å². The maximum Gasteiger partial charge on any atom is 0.174 e. The molecule has 0 bridgehead atoms. The molecule has 5 rings (SSSR count). The zero-order chi connectivity index (χ0) is 24.7. The monoisotopic (exact) mass is 520 g/mol. The molecule has 0 radical (unpaired) electrons. The number of anilines is 1. The number of hydrogen-bond acceptors (Lipinski definition) is 2. The Bertz CT molecular complexity index is 1380. The van der Waals surface area contributed by atoms with E-state index < -0.39 is 0 Å². The molecule has 2 aromatic carbocycles. The summed E-state index contributed by atoms with van der Waals surface area (Å²) in [6.45, 7) is 6.38. The molecular formula is C28H26Cl2N4S. The molecule has 4 aromatic rings. The summed E-state index contributed by atoms with van der Waals surface area (Å²) < 4.78 is 2.18. The van der Waals surface area contributed by atoms with Gasteiger partial charge >= 0.3 is 0 Å². The van der Waals surface area contributed by atoms with Gasteiger partial charge in [-0.25, -0.2) is 0 Å². The number of hydrogen-bond donors (Lipinski definition) is 1. The van der Waals surface area contributed by atoms with Crippen LogP contribution in [0.3, 0.4) is 0 Å². The van der Waals surface area contributed by atoms with Crippen LogP contribution < -0.4 is 10.2 Å². The number of benzene rings is 2. The number of rotatable bonds is 5. The largest absolute Gasteiger partial charge is 0.351 e. The van der Waals surface area contributed by atoms with Crippen molar-refractivity contribution in [2.45, 2.75) is 39.3 Å². The SMILES string of the molecule is CCc1ccc(N2C(=S)N[C@H](c3ccccn3)[C@@H]2c2cc(C)n(-c3ccc(Cl)cc3Cl)c2C)cc1. The van der Waals surface area contributed by atoms with E-state index in [9.17, 15) is 0 Å². The summed E-state index contributed by atoms with van der Waals surface area (Å²) in [4.78, 5) is 6.89. The van der Waals surface area contributed by atoms with Gasteiger partial charge in [-0.3, -0.25) is 4.98 Å². The molecule has 4 nitrogen and oxygen atoms in total. The van der Waals surface area contributed by atoms with Crippen LogP contribution in [0, 0.1) is 13.8 Å². The van der Waals surface area contributed by atoms with Gasteiger partial charge in [-0.1, -0.05) is 48.3 Å². The molecule has 7 heteroatoms. The highest BCUT2D eigenvalue weighted by atomic mass is 35.5. The maximum atomic E-state index is 6.62. The van der Waals surface area contributed by atoms with Gasteiger partial charge in [0.15, 0.2) is 5.11 Å². The first-order valence-electron chi connectivity index (χ1n) is 11.6. The van der Waals surface area contributed by atoms with E-state index in [0.29, 0.717) is 15.2 Å². The average Bonchev–Trinajstić information content (AvgIpc) is 3.35. The van der Waals surface area contributed by atoms with Gasteiger partial charge in [-0.15, -0.1) is 0 Å². The van der Waals surface area contributed by atoms with Crippen LogP contribution in [0.4, 0.5) is 5.69 Å². The summed E-state index contributed by atoms with van der Waals surface area (Å²) in [5.74, 6) is 0. The number of nitrogens with one attached hydrogen (secondary N) is 1. The van der Waals surface area contributed by atoms with Crippen LogP contribution in [-0.2, 0) is 6.42 Å². The van der Waals surface area contributed by atoms with Crippen molar-refractivity contribution in [3.05, 3.63) is 111 Å². The molecule has 1 aliphatic rings. The normalized spacial score (nSPS) is 17.6. The van der Waals surface area contributed by atoms with E-state index in [1.165, 1.54) is 5.56 Å². The molecule has 178 valence electrons. The summed E-state index contributed by atoms with van der Waals surface area (Å²) in [5.41, 5.74) is 7.54. The third kappa shape index (κ3) is 4.33.